The fraction of sp³-hybridized carbons (Fsp3) is 0.706. The number of hydrogen-bond acceptors (Lipinski definition) is 4. The van der Waals surface area contributed by atoms with Crippen LogP contribution < -0.4 is 5.32 Å². The lowest BCUT2D eigenvalue weighted by molar-refractivity contribution is 0.0625. The number of hydrogen-bond donors (Lipinski definition) is 1. The summed E-state index contributed by atoms with van der Waals surface area (Å²) in [5.74, 6) is 0.680. The second-order valence-corrected chi connectivity index (χ2v) is 6.34. The molecule has 1 aromatic rings. The van der Waals surface area contributed by atoms with Crippen molar-refractivity contribution in [2.24, 2.45) is 5.92 Å². The number of nitrogens with zero attached hydrogens (tertiary/aromatic N) is 2. The summed E-state index contributed by atoms with van der Waals surface area (Å²) in [5, 5.41) is 3.43. The highest BCUT2D eigenvalue weighted by atomic mass is 16.5. The van der Waals surface area contributed by atoms with E-state index < -0.39 is 0 Å². The van der Waals surface area contributed by atoms with Gasteiger partial charge in [0.1, 0.15) is 0 Å². The van der Waals surface area contributed by atoms with Crippen molar-refractivity contribution in [3.63, 3.8) is 0 Å². The van der Waals surface area contributed by atoms with E-state index in [1.807, 2.05) is 6.20 Å². The minimum Gasteiger partial charge on any atom is -0.377 e. The smallest absolute Gasteiger partial charge is 0.0596 e. The van der Waals surface area contributed by atoms with Gasteiger partial charge in [-0.3, -0.25) is 9.88 Å². The molecule has 0 fully saturated rings. The predicted octanol–water partition coefficient (Wildman–Crippen LogP) is 2.68. The predicted molar refractivity (Wildman–Crippen MR) is 88.2 cm³/mol. The average molecular weight is 293 g/mol. The average Bonchev–Trinajstić information content (AvgIpc) is 2.40. The van der Waals surface area contributed by atoms with Crippen molar-refractivity contribution in [1.29, 1.82) is 0 Å². The van der Waals surface area contributed by atoms with E-state index in [2.05, 4.69) is 62.1 Å². The Morgan fingerprint density at radius 2 is 2.00 bits per heavy atom. The number of nitrogens with one attached hydrogen (secondary N) is 1. The Balaban J connectivity index is 2.29. The second-order valence-electron chi connectivity index (χ2n) is 6.34. The van der Waals surface area contributed by atoms with Crippen molar-refractivity contribution in [3.8, 4) is 0 Å². The normalized spacial score (nSPS) is 11.8. The standard InChI is InChI=1S/C17H31N3O/c1-14(2)10-18-11-16-6-7-17(19-12-16)13-20(5)8-9-21-15(3)4/h6-7,12,14-15,18H,8-11,13H2,1-5H3. The molecule has 0 saturated carbocycles. The highest BCUT2D eigenvalue weighted by Gasteiger charge is 2.03. The highest BCUT2D eigenvalue weighted by Crippen LogP contribution is 2.03. The van der Waals surface area contributed by atoms with Crippen LogP contribution in [-0.4, -0.2) is 42.7 Å². The van der Waals surface area contributed by atoms with Gasteiger partial charge in [0.25, 0.3) is 0 Å². The molecule has 0 aliphatic carbocycles. The summed E-state index contributed by atoms with van der Waals surface area (Å²) in [7, 11) is 2.10. The molecule has 0 amide bonds. The van der Waals surface area contributed by atoms with Crippen LogP contribution in [0.4, 0.5) is 0 Å². The first-order valence-electron chi connectivity index (χ1n) is 7.92. The fourth-order valence-electron chi connectivity index (χ4n) is 1.96. The van der Waals surface area contributed by atoms with Crippen LogP contribution in [-0.2, 0) is 17.8 Å². The second kappa shape index (κ2) is 9.87. The van der Waals surface area contributed by atoms with Crippen molar-refractivity contribution in [3.05, 3.63) is 29.6 Å². The Kier molecular flexibility index (Phi) is 8.50. The Morgan fingerprint density at radius 1 is 1.24 bits per heavy atom. The maximum atomic E-state index is 5.56. The molecular formula is C17H31N3O. The SMILES string of the molecule is CC(C)CNCc1ccc(CN(C)CCOC(C)C)nc1. The van der Waals surface area contributed by atoms with Crippen LogP contribution in [0.25, 0.3) is 0 Å². The topological polar surface area (TPSA) is 37.4 Å². The largest absolute Gasteiger partial charge is 0.377 e. The third-order valence-electron chi connectivity index (χ3n) is 3.12. The van der Waals surface area contributed by atoms with Crippen molar-refractivity contribution < 1.29 is 4.74 Å². The van der Waals surface area contributed by atoms with Crippen LogP contribution in [0.3, 0.4) is 0 Å². The summed E-state index contributed by atoms with van der Waals surface area (Å²) in [5.41, 5.74) is 2.35. The van der Waals surface area contributed by atoms with Gasteiger partial charge in [0.2, 0.25) is 0 Å². The van der Waals surface area contributed by atoms with E-state index in [9.17, 15) is 0 Å². The zero-order chi connectivity index (χ0) is 15.7. The Bertz CT molecular complexity index is 376. The monoisotopic (exact) mass is 293 g/mol. The molecule has 0 aliphatic heterocycles. The number of likely N-dealkylation sites (N-methyl/N-ethyl adjacent to an activating group) is 1. The van der Waals surface area contributed by atoms with E-state index >= 15 is 0 Å². The lowest BCUT2D eigenvalue weighted by Gasteiger charge is -2.17. The van der Waals surface area contributed by atoms with Crippen molar-refractivity contribution >= 4 is 0 Å². The maximum absolute atomic E-state index is 5.56. The third-order valence-corrected chi connectivity index (χ3v) is 3.12. The summed E-state index contributed by atoms with van der Waals surface area (Å²) in [6, 6.07) is 4.28. The number of rotatable bonds is 10. The lowest BCUT2D eigenvalue weighted by Crippen LogP contribution is -2.24. The van der Waals surface area contributed by atoms with Gasteiger partial charge < -0.3 is 10.1 Å². The molecule has 1 rings (SSSR count). The van der Waals surface area contributed by atoms with Gasteiger partial charge >= 0.3 is 0 Å². The molecule has 0 aliphatic rings. The van der Waals surface area contributed by atoms with E-state index in [1.165, 1.54) is 5.56 Å². The molecule has 0 aromatic carbocycles. The summed E-state index contributed by atoms with van der Waals surface area (Å²) in [6.45, 7) is 13.1. The lowest BCUT2D eigenvalue weighted by atomic mass is 10.2. The van der Waals surface area contributed by atoms with Crippen molar-refractivity contribution in [2.45, 2.75) is 46.9 Å². The van der Waals surface area contributed by atoms with Gasteiger partial charge in [-0.2, -0.15) is 0 Å². The first-order chi connectivity index (χ1) is 9.97. The summed E-state index contributed by atoms with van der Waals surface area (Å²) < 4.78 is 5.56. The van der Waals surface area contributed by atoms with Gasteiger partial charge in [-0.25, -0.2) is 0 Å². The van der Waals surface area contributed by atoms with Crippen molar-refractivity contribution in [2.75, 3.05) is 26.7 Å². The molecule has 4 nitrogen and oxygen atoms in total. The number of aromatic nitrogens is 1. The fourth-order valence-corrected chi connectivity index (χ4v) is 1.96. The summed E-state index contributed by atoms with van der Waals surface area (Å²) in [6.07, 6.45) is 2.27. The van der Waals surface area contributed by atoms with Crippen LogP contribution in [0.15, 0.2) is 18.3 Å². The molecule has 120 valence electrons. The van der Waals surface area contributed by atoms with Gasteiger partial charge in [-0.1, -0.05) is 19.9 Å². The van der Waals surface area contributed by atoms with Gasteiger partial charge in [-0.05, 0) is 45.0 Å². The first-order valence-corrected chi connectivity index (χ1v) is 7.92. The molecular weight excluding hydrogens is 262 g/mol. The van der Waals surface area contributed by atoms with Crippen LogP contribution in [0.2, 0.25) is 0 Å². The number of ether oxygens (including phenoxy) is 1. The highest BCUT2D eigenvalue weighted by molar-refractivity contribution is 5.13. The molecule has 0 unspecified atom stereocenters. The summed E-state index contributed by atoms with van der Waals surface area (Å²) in [4.78, 5) is 6.77. The van der Waals surface area contributed by atoms with Crippen LogP contribution in [0.1, 0.15) is 39.0 Å². The van der Waals surface area contributed by atoms with Gasteiger partial charge in [0, 0.05) is 25.8 Å². The molecule has 0 saturated heterocycles. The van der Waals surface area contributed by atoms with Gasteiger partial charge in [0.15, 0.2) is 0 Å². The molecule has 1 heterocycles. The minimum atomic E-state index is 0.300. The van der Waals surface area contributed by atoms with E-state index in [4.69, 9.17) is 4.74 Å². The van der Waals surface area contributed by atoms with Gasteiger partial charge in [0.05, 0.1) is 18.4 Å². The van der Waals surface area contributed by atoms with E-state index in [1.54, 1.807) is 0 Å². The molecule has 0 atom stereocenters. The molecule has 4 heteroatoms. The van der Waals surface area contributed by atoms with E-state index in [0.29, 0.717) is 12.0 Å². The molecule has 0 radical (unpaired) electrons. The zero-order valence-corrected chi connectivity index (χ0v) is 14.2. The molecule has 1 aromatic heterocycles. The van der Waals surface area contributed by atoms with Crippen molar-refractivity contribution in [1.82, 2.24) is 15.2 Å². The Morgan fingerprint density at radius 3 is 2.57 bits per heavy atom. The minimum absolute atomic E-state index is 0.300. The van der Waals surface area contributed by atoms with E-state index in [0.717, 1.165) is 38.5 Å². The molecule has 21 heavy (non-hydrogen) atoms. The quantitative estimate of drug-likeness (QED) is 0.720. The molecule has 0 bridgehead atoms. The van der Waals surface area contributed by atoms with Crippen LogP contribution in [0, 0.1) is 5.92 Å². The van der Waals surface area contributed by atoms with Gasteiger partial charge in [-0.15, -0.1) is 0 Å². The zero-order valence-electron chi connectivity index (χ0n) is 14.2. The summed E-state index contributed by atoms with van der Waals surface area (Å²) >= 11 is 0. The Labute approximate surface area is 129 Å². The Hall–Kier alpha value is -0.970. The van der Waals surface area contributed by atoms with Crippen LogP contribution in [0.5, 0.6) is 0 Å². The third kappa shape index (κ3) is 8.81. The molecule has 0 spiro atoms. The van der Waals surface area contributed by atoms with E-state index in [-0.39, 0.29) is 0 Å². The first kappa shape index (κ1) is 18.1. The maximum Gasteiger partial charge on any atom is 0.0596 e. The molecule has 1 N–H and O–H groups in total. The number of pyridine rings is 1. The van der Waals surface area contributed by atoms with Crippen LogP contribution >= 0.6 is 0 Å².